The summed E-state index contributed by atoms with van der Waals surface area (Å²) >= 11 is 0. The highest BCUT2D eigenvalue weighted by Gasteiger charge is 1.93. The van der Waals surface area contributed by atoms with Crippen molar-refractivity contribution in [1.29, 1.82) is 0 Å². The van der Waals surface area contributed by atoms with E-state index >= 15 is 0 Å². The number of rotatable bonds is 6. The minimum absolute atomic E-state index is 0.729. The third-order valence-electron chi connectivity index (χ3n) is 3.08. The molecule has 0 bridgehead atoms. The number of aryl methyl sites for hydroxylation is 1. The standard InChI is InChI=1S/C12H20.C10H11N/c1-4-6-7-8-9-11-12(3)10-5-2;1-10-7-5-3-2-4-6-8-11-9-10/h4-7,10,12H,1,8-9,11H2,2-3H3;2-9H,1H3/b7-6+,10-5+;. The van der Waals surface area contributed by atoms with Crippen LogP contribution in [-0.4, -0.2) is 4.98 Å². The molecule has 1 heterocycles. The van der Waals surface area contributed by atoms with Crippen LogP contribution in [0.4, 0.5) is 0 Å². The molecule has 0 spiro atoms. The highest BCUT2D eigenvalue weighted by Crippen LogP contribution is 2.09. The molecule has 0 saturated carbocycles. The third-order valence-corrected chi connectivity index (χ3v) is 3.08. The van der Waals surface area contributed by atoms with Gasteiger partial charge >= 0.3 is 0 Å². The van der Waals surface area contributed by atoms with E-state index in [1.54, 1.807) is 6.20 Å². The second-order valence-electron chi connectivity index (χ2n) is 5.40. The van der Waals surface area contributed by atoms with Gasteiger partial charge in [0.1, 0.15) is 0 Å². The maximum atomic E-state index is 4.05. The van der Waals surface area contributed by atoms with Gasteiger partial charge < -0.3 is 0 Å². The van der Waals surface area contributed by atoms with Crippen LogP contribution < -0.4 is 0 Å². The van der Waals surface area contributed by atoms with E-state index in [2.05, 4.69) is 43.6 Å². The van der Waals surface area contributed by atoms with Crippen LogP contribution in [-0.2, 0) is 0 Å². The Bertz CT molecular complexity index is 488. The largest absolute Gasteiger partial charge is 0.264 e. The van der Waals surface area contributed by atoms with Gasteiger partial charge in [0.2, 0.25) is 0 Å². The summed E-state index contributed by atoms with van der Waals surface area (Å²) in [5.41, 5.74) is 1.15. The fourth-order valence-electron chi connectivity index (χ4n) is 1.88. The summed E-state index contributed by atoms with van der Waals surface area (Å²) in [5.74, 6) is 0.729. The van der Waals surface area contributed by atoms with Crippen LogP contribution in [0.3, 0.4) is 0 Å². The van der Waals surface area contributed by atoms with Crippen LogP contribution in [0, 0.1) is 12.8 Å². The molecule has 0 saturated heterocycles. The van der Waals surface area contributed by atoms with Crippen LogP contribution >= 0.6 is 0 Å². The van der Waals surface area contributed by atoms with Crippen molar-refractivity contribution in [1.82, 2.24) is 4.98 Å². The number of allylic oxidation sites excluding steroid dienone is 5. The maximum absolute atomic E-state index is 4.05. The lowest BCUT2D eigenvalue weighted by Gasteiger charge is -2.02. The minimum atomic E-state index is 0.729. The maximum Gasteiger partial charge on any atom is 0.0297 e. The van der Waals surface area contributed by atoms with E-state index in [1.807, 2.05) is 61.7 Å². The average Bonchev–Trinajstić information content (AvgIpc) is 2.54. The fourth-order valence-corrected chi connectivity index (χ4v) is 1.88. The zero-order valence-electron chi connectivity index (χ0n) is 14.9. The molecule has 0 aliphatic carbocycles. The molecular formula is C22H31N. The summed E-state index contributed by atoms with van der Waals surface area (Å²) in [7, 11) is 0. The van der Waals surface area contributed by atoms with Crippen molar-refractivity contribution < 1.29 is 0 Å². The van der Waals surface area contributed by atoms with Gasteiger partial charge in [-0.2, -0.15) is 0 Å². The van der Waals surface area contributed by atoms with Crippen molar-refractivity contribution in [3.8, 4) is 0 Å². The van der Waals surface area contributed by atoms with E-state index in [9.17, 15) is 0 Å². The lowest BCUT2D eigenvalue weighted by Crippen LogP contribution is -1.87. The first-order valence-corrected chi connectivity index (χ1v) is 8.31. The first kappa shape index (κ1) is 20.9. The topological polar surface area (TPSA) is 12.9 Å². The Morgan fingerprint density at radius 2 is 1.91 bits per heavy atom. The number of hydrogen-bond acceptors (Lipinski definition) is 1. The molecule has 1 unspecified atom stereocenters. The van der Waals surface area contributed by atoms with Crippen LogP contribution in [0.1, 0.15) is 38.7 Å². The molecule has 0 aromatic carbocycles. The molecule has 0 aliphatic heterocycles. The Labute approximate surface area is 142 Å². The first-order valence-electron chi connectivity index (χ1n) is 8.31. The Kier molecular flexibility index (Phi) is 14.7. The molecule has 0 amide bonds. The summed E-state index contributed by atoms with van der Waals surface area (Å²) in [5, 5.41) is 0. The SMILES string of the molecule is C=C/C=C/CCCC(C)/C=C/C.Cc1cccccccnc1. The highest BCUT2D eigenvalue weighted by atomic mass is 14.6. The molecule has 0 N–H and O–H groups in total. The van der Waals surface area contributed by atoms with Gasteiger partial charge in [-0.1, -0.05) is 74.2 Å². The quantitative estimate of drug-likeness (QED) is 0.326. The lowest BCUT2D eigenvalue weighted by atomic mass is 10.0. The molecule has 1 rings (SSSR count). The summed E-state index contributed by atoms with van der Waals surface area (Å²) in [6.07, 6.45) is 17.7. The molecule has 23 heavy (non-hydrogen) atoms. The van der Waals surface area contributed by atoms with Crippen molar-refractivity contribution in [2.45, 2.75) is 40.0 Å². The van der Waals surface area contributed by atoms with Crippen molar-refractivity contribution in [3.05, 3.63) is 91.3 Å². The molecule has 0 fully saturated rings. The molecular weight excluding hydrogens is 278 g/mol. The van der Waals surface area contributed by atoms with Gasteiger partial charge in [0.15, 0.2) is 0 Å². The van der Waals surface area contributed by atoms with E-state index in [4.69, 9.17) is 0 Å². The normalized spacial score (nSPS) is 11.4. The zero-order valence-corrected chi connectivity index (χ0v) is 14.9. The van der Waals surface area contributed by atoms with E-state index < -0.39 is 0 Å². The number of nitrogens with zero attached hydrogens (tertiary/aromatic N) is 1. The van der Waals surface area contributed by atoms with Crippen molar-refractivity contribution in [3.63, 3.8) is 0 Å². The van der Waals surface area contributed by atoms with E-state index in [1.165, 1.54) is 19.3 Å². The van der Waals surface area contributed by atoms with Crippen LogP contribution in [0.25, 0.3) is 0 Å². The molecule has 0 radical (unpaired) electrons. The zero-order chi connectivity index (χ0) is 17.2. The predicted molar refractivity (Wildman–Crippen MR) is 104 cm³/mol. The highest BCUT2D eigenvalue weighted by molar-refractivity contribution is 5.04. The third kappa shape index (κ3) is 16.1. The molecule has 1 aromatic heterocycles. The summed E-state index contributed by atoms with van der Waals surface area (Å²) in [6.45, 7) is 9.98. The van der Waals surface area contributed by atoms with E-state index in [-0.39, 0.29) is 0 Å². The Balaban J connectivity index is 0.000000422. The van der Waals surface area contributed by atoms with Gasteiger partial charge in [0, 0.05) is 12.4 Å². The average molecular weight is 309 g/mol. The van der Waals surface area contributed by atoms with Crippen molar-refractivity contribution >= 4 is 0 Å². The number of aromatic nitrogens is 1. The number of hydrogen-bond donors (Lipinski definition) is 0. The van der Waals surface area contributed by atoms with Gasteiger partial charge in [-0.25, -0.2) is 0 Å². The predicted octanol–water partition coefficient (Wildman–Crippen LogP) is 6.63. The second-order valence-corrected chi connectivity index (χ2v) is 5.40. The van der Waals surface area contributed by atoms with Gasteiger partial charge in [0.05, 0.1) is 0 Å². The minimum Gasteiger partial charge on any atom is -0.264 e. The fraction of sp³-hybridized carbons (Fsp3) is 0.318. The van der Waals surface area contributed by atoms with Gasteiger partial charge in [-0.05, 0) is 50.7 Å². The Hall–Kier alpha value is -2.15. The molecule has 124 valence electrons. The molecule has 1 aromatic rings. The van der Waals surface area contributed by atoms with E-state index in [0.29, 0.717) is 0 Å². The van der Waals surface area contributed by atoms with E-state index in [0.717, 1.165) is 11.5 Å². The summed E-state index contributed by atoms with van der Waals surface area (Å²) in [4.78, 5) is 4.05. The number of unbranched alkanes of at least 4 members (excludes halogenated alkanes) is 1. The summed E-state index contributed by atoms with van der Waals surface area (Å²) in [6, 6.07) is 11.8. The molecule has 1 atom stereocenters. The van der Waals surface area contributed by atoms with Gasteiger partial charge in [-0.15, -0.1) is 0 Å². The Morgan fingerprint density at radius 3 is 2.65 bits per heavy atom. The van der Waals surface area contributed by atoms with Crippen LogP contribution in [0.2, 0.25) is 0 Å². The Morgan fingerprint density at radius 1 is 1.17 bits per heavy atom. The molecule has 0 aliphatic rings. The van der Waals surface area contributed by atoms with Crippen LogP contribution in [0.5, 0.6) is 0 Å². The monoisotopic (exact) mass is 309 g/mol. The van der Waals surface area contributed by atoms with Gasteiger partial charge in [0.25, 0.3) is 0 Å². The smallest absolute Gasteiger partial charge is 0.0297 e. The lowest BCUT2D eigenvalue weighted by molar-refractivity contribution is 0.611. The van der Waals surface area contributed by atoms with Crippen molar-refractivity contribution in [2.75, 3.05) is 0 Å². The van der Waals surface area contributed by atoms with Crippen LogP contribution in [0.15, 0.2) is 85.8 Å². The summed E-state index contributed by atoms with van der Waals surface area (Å²) < 4.78 is 0. The van der Waals surface area contributed by atoms with Gasteiger partial charge in [-0.3, -0.25) is 4.98 Å². The van der Waals surface area contributed by atoms with Crippen molar-refractivity contribution in [2.24, 2.45) is 5.92 Å². The molecule has 1 nitrogen and oxygen atoms in total. The first-order chi connectivity index (χ1) is 11.2. The molecule has 1 heteroatoms. The second kappa shape index (κ2) is 16.2.